The third-order valence-corrected chi connectivity index (χ3v) is 4.80. The number of carbonyl (C=O) groups is 1. The van der Waals surface area contributed by atoms with Gasteiger partial charge in [-0.05, 0) is 42.0 Å². The Morgan fingerprint density at radius 3 is 2.52 bits per heavy atom. The van der Waals surface area contributed by atoms with Crippen LogP contribution in [-0.2, 0) is 0 Å². The van der Waals surface area contributed by atoms with Gasteiger partial charge < -0.3 is 14.4 Å². The lowest BCUT2D eigenvalue weighted by atomic mass is 10.0. The predicted molar refractivity (Wildman–Crippen MR) is 109 cm³/mol. The maximum atomic E-state index is 13.9. The van der Waals surface area contributed by atoms with Crippen molar-refractivity contribution < 1.29 is 18.7 Å². The second kappa shape index (κ2) is 8.92. The van der Waals surface area contributed by atoms with Crippen molar-refractivity contribution in [2.75, 3.05) is 21.3 Å². The molecular formula is C22H20ClFN2O3. The highest BCUT2D eigenvalue weighted by atomic mass is 35.5. The van der Waals surface area contributed by atoms with Gasteiger partial charge in [0, 0.05) is 18.8 Å². The molecule has 1 aromatic heterocycles. The first-order valence-corrected chi connectivity index (χ1v) is 9.19. The van der Waals surface area contributed by atoms with E-state index in [1.54, 1.807) is 43.6 Å². The molecule has 3 rings (SSSR count). The fourth-order valence-corrected chi connectivity index (χ4v) is 3.46. The van der Waals surface area contributed by atoms with E-state index in [0.29, 0.717) is 28.3 Å². The molecule has 0 fully saturated rings. The molecule has 150 valence electrons. The fraction of sp³-hybridized carbons (Fsp3) is 0.182. The number of ether oxygens (including phenoxy) is 2. The van der Waals surface area contributed by atoms with Crippen molar-refractivity contribution >= 4 is 17.5 Å². The Morgan fingerprint density at radius 2 is 1.90 bits per heavy atom. The molecule has 2 aromatic carbocycles. The number of amides is 1. The molecule has 1 amide bonds. The molecule has 0 radical (unpaired) electrons. The Hall–Kier alpha value is -3.12. The molecule has 5 nitrogen and oxygen atoms in total. The largest absolute Gasteiger partial charge is 0.493 e. The van der Waals surface area contributed by atoms with Crippen molar-refractivity contribution in [3.63, 3.8) is 0 Å². The van der Waals surface area contributed by atoms with Crippen LogP contribution in [0.4, 0.5) is 4.39 Å². The quantitative estimate of drug-likeness (QED) is 0.584. The monoisotopic (exact) mass is 414 g/mol. The van der Waals surface area contributed by atoms with E-state index in [1.807, 2.05) is 6.07 Å². The van der Waals surface area contributed by atoms with E-state index >= 15 is 0 Å². The van der Waals surface area contributed by atoms with E-state index in [4.69, 9.17) is 21.1 Å². The van der Waals surface area contributed by atoms with Crippen LogP contribution in [0.15, 0.2) is 60.8 Å². The lowest BCUT2D eigenvalue weighted by Crippen LogP contribution is -2.32. The molecule has 1 heterocycles. The lowest BCUT2D eigenvalue weighted by molar-refractivity contribution is 0.0752. The average Bonchev–Trinajstić information content (AvgIpc) is 2.73. The summed E-state index contributed by atoms with van der Waals surface area (Å²) in [7, 11) is 4.57. The summed E-state index contributed by atoms with van der Waals surface area (Å²) in [5.41, 5.74) is 1.53. The second-order valence-electron chi connectivity index (χ2n) is 6.32. The minimum absolute atomic E-state index is 0.253. The smallest absolute Gasteiger partial charge is 0.254 e. The number of pyridine rings is 1. The molecule has 0 aliphatic carbocycles. The summed E-state index contributed by atoms with van der Waals surface area (Å²) in [6, 6.07) is 14.0. The van der Waals surface area contributed by atoms with Crippen molar-refractivity contribution in [1.29, 1.82) is 0 Å². The normalized spacial score (nSPS) is 11.6. The molecule has 0 spiro atoms. The Bertz CT molecular complexity index is 1010. The zero-order valence-electron chi connectivity index (χ0n) is 16.2. The number of hydrogen-bond acceptors (Lipinski definition) is 4. The molecule has 0 aliphatic heterocycles. The van der Waals surface area contributed by atoms with Crippen molar-refractivity contribution in [3.8, 4) is 11.5 Å². The van der Waals surface area contributed by atoms with Crippen LogP contribution in [0, 0.1) is 5.82 Å². The van der Waals surface area contributed by atoms with Gasteiger partial charge in [0.05, 0.1) is 31.0 Å². The Kier molecular flexibility index (Phi) is 6.34. The van der Waals surface area contributed by atoms with Crippen LogP contribution < -0.4 is 9.47 Å². The summed E-state index contributed by atoms with van der Waals surface area (Å²) in [5.74, 6) is -0.0251. The van der Waals surface area contributed by atoms with E-state index in [2.05, 4.69) is 4.98 Å². The van der Waals surface area contributed by atoms with Crippen LogP contribution in [0.5, 0.6) is 11.5 Å². The van der Waals surface area contributed by atoms with Crippen LogP contribution >= 0.6 is 11.6 Å². The van der Waals surface area contributed by atoms with Crippen molar-refractivity contribution in [1.82, 2.24) is 9.88 Å². The first-order valence-electron chi connectivity index (χ1n) is 8.81. The van der Waals surface area contributed by atoms with Gasteiger partial charge in [-0.2, -0.15) is 0 Å². The van der Waals surface area contributed by atoms with Crippen LogP contribution in [0.25, 0.3) is 0 Å². The summed E-state index contributed by atoms with van der Waals surface area (Å²) in [5, 5.41) is 0.253. The number of carbonyl (C=O) groups excluding carboxylic acids is 1. The van der Waals surface area contributed by atoms with Gasteiger partial charge in [0.1, 0.15) is 5.82 Å². The van der Waals surface area contributed by atoms with Crippen LogP contribution in [-0.4, -0.2) is 37.1 Å². The van der Waals surface area contributed by atoms with Gasteiger partial charge in [-0.3, -0.25) is 9.78 Å². The zero-order valence-corrected chi connectivity index (χ0v) is 17.0. The highest BCUT2D eigenvalue weighted by Crippen LogP contribution is 2.37. The third kappa shape index (κ3) is 4.32. The van der Waals surface area contributed by atoms with E-state index in [-0.39, 0.29) is 10.9 Å². The number of rotatable bonds is 6. The molecule has 0 saturated heterocycles. The van der Waals surface area contributed by atoms with Gasteiger partial charge in [-0.15, -0.1) is 0 Å². The van der Waals surface area contributed by atoms with E-state index in [1.165, 1.54) is 37.3 Å². The van der Waals surface area contributed by atoms with E-state index in [0.717, 1.165) is 0 Å². The predicted octanol–water partition coefficient (Wildman–Crippen LogP) is 4.75. The topological polar surface area (TPSA) is 51.7 Å². The molecule has 3 aromatic rings. The molecule has 0 bridgehead atoms. The molecule has 1 atom stereocenters. The van der Waals surface area contributed by atoms with Crippen molar-refractivity contribution in [2.45, 2.75) is 6.04 Å². The highest BCUT2D eigenvalue weighted by Gasteiger charge is 2.27. The van der Waals surface area contributed by atoms with Crippen molar-refractivity contribution in [3.05, 3.63) is 88.5 Å². The van der Waals surface area contributed by atoms with Crippen LogP contribution in [0.1, 0.15) is 27.7 Å². The summed E-state index contributed by atoms with van der Waals surface area (Å²) in [6.45, 7) is 0. The standard InChI is InChI=1S/C22H20ClFN2O3/c1-26(22(27)15-12-17(23)21(29-3)19(13-15)28-2)20(18-9-4-5-10-25-18)14-7-6-8-16(24)11-14/h4-13,20H,1-3H3/t20-/m1/s1. The molecule has 0 saturated carbocycles. The van der Waals surface area contributed by atoms with Gasteiger partial charge in [0.2, 0.25) is 0 Å². The van der Waals surface area contributed by atoms with Crippen LogP contribution in [0.3, 0.4) is 0 Å². The number of benzene rings is 2. The SMILES string of the molecule is COc1cc(C(=O)N(C)[C@H](c2cccc(F)c2)c2ccccn2)cc(Cl)c1OC. The van der Waals surface area contributed by atoms with Gasteiger partial charge in [0.15, 0.2) is 11.5 Å². The lowest BCUT2D eigenvalue weighted by Gasteiger charge is -2.28. The minimum Gasteiger partial charge on any atom is -0.493 e. The summed E-state index contributed by atoms with van der Waals surface area (Å²) < 4.78 is 24.4. The molecular weight excluding hydrogens is 395 g/mol. The fourth-order valence-electron chi connectivity index (χ4n) is 3.17. The highest BCUT2D eigenvalue weighted by molar-refractivity contribution is 6.32. The molecule has 0 unspecified atom stereocenters. The third-order valence-electron chi connectivity index (χ3n) is 4.52. The molecule has 0 N–H and O–H groups in total. The van der Waals surface area contributed by atoms with Gasteiger partial charge in [-0.1, -0.05) is 29.8 Å². The number of halogens is 2. The number of hydrogen-bond donors (Lipinski definition) is 0. The van der Waals surface area contributed by atoms with Crippen molar-refractivity contribution in [2.24, 2.45) is 0 Å². The summed E-state index contributed by atoms with van der Waals surface area (Å²) >= 11 is 6.26. The van der Waals surface area contributed by atoms with Gasteiger partial charge >= 0.3 is 0 Å². The maximum Gasteiger partial charge on any atom is 0.254 e. The van der Waals surface area contributed by atoms with Gasteiger partial charge in [-0.25, -0.2) is 4.39 Å². The Labute approximate surface area is 173 Å². The summed E-state index contributed by atoms with van der Waals surface area (Å²) in [6.07, 6.45) is 1.63. The first kappa shape index (κ1) is 20.6. The second-order valence-corrected chi connectivity index (χ2v) is 6.73. The number of methoxy groups -OCH3 is 2. The maximum absolute atomic E-state index is 13.9. The van der Waals surface area contributed by atoms with Crippen LogP contribution in [0.2, 0.25) is 5.02 Å². The van der Waals surface area contributed by atoms with E-state index < -0.39 is 11.9 Å². The van der Waals surface area contributed by atoms with Gasteiger partial charge in [0.25, 0.3) is 5.91 Å². The molecule has 0 aliphatic rings. The molecule has 29 heavy (non-hydrogen) atoms. The average molecular weight is 415 g/mol. The number of nitrogens with zero attached hydrogens (tertiary/aromatic N) is 2. The Balaban J connectivity index is 2.05. The molecule has 7 heteroatoms. The number of aromatic nitrogens is 1. The minimum atomic E-state index is -0.591. The zero-order chi connectivity index (χ0) is 21.0. The Morgan fingerprint density at radius 1 is 1.10 bits per heavy atom. The first-order chi connectivity index (χ1) is 14.0. The van der Waals surface area contributed by atoms with E-state index in [9.17, 15) is 9.18 Å². The summed E-state index contributed by atoms with van der Waals surface area (Å²) in [4.78, 5) is 19.2.